The van der Waals surface area contributed by atoms with E-state index < -0.39 is 16.1 Å². The first-order valence-electron chi connectivity index (χ1n) is 16.9. The molecule has 1 aliphatic carbocycles. The van der Waals surface area contributed by atoms with Crippen LogP contribution in [0.3, 0.4) is 0 Å². The number of anilines is 1. The number of carbonyl (C=O) groups is 1. The molecule has 1 saturated carbocycles. The normalized spacial score (nSPS) is 22.7. The Bertz CT molecular complexity index is 1710. The van der Waals surface area contributed by atoms with Crippen LogP contribution in [0.4, 0.5) is 5.95 Å². The highest BCUT2D eigenvalue weighted by Gasteiger charge is 2.50. The van der Waals surface area contributed by atoms with Crippen LogP contribution in [0.5, 0.6) is 5.88 Å². The maximum atomic E-state index is 13.8. The van der Waals surface area contributed by atoms with E-state index in [9.17, 15) is 13.2 Å². The number of carbonyl (C=O) groups excluding carboxylic acids is 1. The molecule has 1 saturated heterocycles. The van der Waals surface area contributed by atoms with E-state index in [1.807, 2.05) is 62.1 Å². The second-order valence-electron chi connectivity index (χ2n) is 14.5. The minimum absolute atomic E-state index is 0.00580. The molecule has 2 aromatic carbocycles. The van der Waals surface area contributed by atoms with Gasteiger partial charge < -0.3 is 14.4 Å². The van der Waals surface area contributed by atoms with Gasteiger partial charge in [0.2, 0.25) is 11.8 Å². The fourth-order valence-electron chi connectivity index (χ4n) is 8.28. The van der Waals surface area contributed by atoms with Crippen LogP contribution >= 0.6 is 0 Å². The number of aryl methyl sites for hydroxylation is 2. The molecule has 1 amide bonds. The maximum Gasteiger partial charge on any atom is 0.264 e. The average molecular weight is 661 g/mol. The molecule has 6 rings (SSSR count). The van der Waals surface area contributed by atoms with Crippen LogP contribution < -0.4 is 9.46 Å². The van der Waals surface area contributed by atoms with Crippen LogP contribution in [0, 0.1) is 37.0 Å². The molecule has 2 aliphatic heterocycles. The Hall–Kier alpha value is -3.50. The van der Waals surface area contributed by atoms with Crippen LogP contribution in [0.15, 0.2) is 53.4 Å². The molecular weight excluding hydrogens is 612 g/mol. The van der Waals surface area contributed by atoms with Gasteiger partial charge in [-0.2, -0.15) is 4.98 Å². The molecule has 9 nitrogen and oxygen atoms in total. The Morgan fingerprint density at radius 1 is 1.04 bits per heavy atom. The van der Waals surface area contributed by atoms with Gasteiger partial charge in [-0.1, -0.05) is 44.2 Å². The zero-order valence-corrected chi connectivity index (χ0v) is 29.3. The summed E-state index contributed by atoms with van der Waals surface area (Å²) in [5.41, 5.74) is 4.88. The van der Waals surface area contributed by atoms with Crippen molar-refractivity contribution < 1.29 is 22.7 Å². The number of sulfonamides is 1. The third-order valence-electron chi connectivity index (χ3n) is 10.7. The first kappa shape index (κ1) is 33.4. The van der Waals surface area contributed by atoms with E-state index in [0.717, 1.165) is 67.4 Å². The van der Waals surface area contributed by atoms with Gasteiger partial charge in [0.25, 0.3) is 15.9 Å². The Balaban J connectivity index is 1.34. The number of piperidine rings is 1. The summed E-state index contributed by atoms with van der Waals surface area (Å²) in [6.07, 6.45) is 4.57. The van der Waals surface area contributed by atoms with Crippen molar-refractivity contribution in [3.8, 4) is 17.1 Å². The van der Waals surface area contributed by atoms with E-state index in [4.69, 9.17) is 9.47 Å². The van der Waals surface area contributed by atoms with Gasteiger partial charge in [-0.25, -0.2) is 18.1 Å². The summed E-state index contributed by atoms with van der Waals surface area (Å²) in [5, 5.41) is 0. The highest BCUT2D eigenvalue weighted by Crippen LogP contribution is 2.59. The topological polar surface area (TPSA) is 111 Å². The van der Waals surface area contributed by atoms with Crippen LogP contribution in [0.1, 0.15) is 75.5 Å². The molecule has 1 spiro atoms. The molecule has 47 heavy (non-hydrogen) atoms. The molecule has 10 heteroatoms. The number of rotatable bonds is 6. The largest absolute Gasteiger partial charge is 0.477 e. The Kier molecular flexibility index (Phi) is 9.37. The molecule has 2 fully saturated rings. The lowest BCUT2D eigenvalue weighted by Crippen LogP contribution is -2.52. The number of hydrogen-bond donors (Lipinski definition) is 1. The standard InChI is InChI=1S/C37H48N4O5S/c1-23(2)17-28-22-46-32-19-31(33-24(3)9-7-10-25(33)4)38-36(39-32)40-47(43,44)30-12-8-11-27(18-30)34(28)29-20-37(21-29)13-15-41(16-14-37)35(42)26(5)45-6/h7-12,18-19,23,26,28-29,34H,13-17,20-22H2,1-6H3,(H,38,39,40)/t26-,28-,34?/m1/s1. The number of aromatic nitrogens is 2. The van der Waals surface area contributed by atoms with E-state index >= 15 is 0 Å². The van der Waals surface area contributed by atoms with Crippen LogP contribution in [0.2, 0.25) is 0 Å². The molecule has 1 aromatic heterocycles. The molecule has 1 unspecified atom stereocenters. The lowest BCUT2D eigenvalue weighted by molar-refractivity contribution is -0.145. The zero-order valence-electron chi connectivity index (χ0n) is 28.5. The smallest absolute Gasteiger partial charge is 0.264 e. The lowest BCUT2D eigenvalue weighted by atomic mass is 9.52. The predicted molar refractivity (Wildman–Crippen MR) is 183 cm³/mol. The van der Waals surface area contributed by atoms with Crippen LogP contribution in [-0.2, 0) is 19.6 Å². The molecule has 3 aliphatic rings. The molecule has 0 radical (unpaired) electrons. The van der Waals surface area contributed by atoms with E-state index in [-0.39, 0.29) is 34.0 Å². The van der Waals surface area contributed by atoms with Crippen LogP contribution in [-0.4, -0.2) is 62.1 Å². The summed E-state index contributed by atoms with van der Waals surface area (Å²) in [6, 6.07) is 15.3. The average Bonchev–Trinajstić information content (AvgIpc) is 3.01. The van der Waals surface area contributed by atoms with Crippen molar-refractivity contribution in [2.75, 3.05) is 31.5 Å². The number of ether oxygens (including phenoxy) is 2. The zero-order chi connectivity index (χ0) is 33.5. The monoisotopic (exact) mass is 660 g/mol. The molecule has 3 atom stereocenters. The van der Waals surface area contributed by atoms with Crippen molar-refractivity contribution in [2.45, 2.75) is 83.6 Å². The summed E-state index contributed by atoms with van der Waals surface area (Å²) < 4.78 is 42.1. The predicted octanol–water partition coefficient (Wildman–Crippen LogP) is 6.75. The number of amides is 1. The van der Waals surface area contributed by atoms with Gasteiger partial charge in [-0.15, -0.1) is 0 Å². The van der Waals surface area contributed by atoms with Gasteiger partial charge in [0.05, 0.1) is 17.2 Å². The van der Waals surface area contributed by atoms with E-state index in [2.05, 4.69) is 34.6 Å². The fourth-order valence-corrected chi connectivity index (χ4v) is 9.28. The first-order chi connectivity index (χ1) is 22.4. The minimum Gasteiger partial charge on any atom is -0.477 e. The number of benzene rings is 2. The van der Waals surface area contributed by atoms with Gasteiger partial charge in [0.15, 0.2) is 0 Å². The summed E-state index contributed by atoms with van der Waals surface area (Å²) in [6.45, 7) is 12.3. The van der Waals surface area contributed by atoms with E-state index in [1.54, 1.807) is 13.2 Å². The number of nitrogens with one attached hydrogen (secondary N) is 1. The third-order valence-corrected chi connectivity index (χ3v) is 12.0. The Morgan fingerprint density at radius 3 is 2.38 bits per heavy atom. The van der Waals surface area contributed by atoms with Gasteiger partial charge >= 0.3 is 0 Å². The van der Waals surface area contributed by atoms with Crippen molar-refractivity contribution in [2.24, 2.45) is 23.2 Å². The van der Waals surface area contributed by atoms with Crippen molar-refractivity contribution >= 4 is 21.9 Å². The molecule has 3 aromatic rings. The number of likely N-dealkylation sites (tertiary alicyclic amines) is 1. The van der Waals surface area contributed by atoms with Crippen molar-refractivity contribution in [3.05, 3.63) is 65.2 Å². The summed E-state index contributed by atoms with van der Waals surface area (Å²) in [4.78, 5) is 24.1. The number of nitrogens with zero attached hydrogens (tertiary/aromatic N) is 3. The molecule has 3 heterocycles. The second-order valence-corrected chi connectivity index (χ2v) is 16.1. The quantitative estimate of drug-likeness (QED) is 0.311. The summed E-state index contributed by atoms with van der Waals surface area (Å²) in [5.74, 6) is 1.48. The van der Waals surface area contributed by atoms with Crippen LogP contribution in [0.25, 0.3) is 11.3 Å². The highest BCUT2D eigenvalue weighted by molar-refractivity contribution is 7.92. The van der Waals surface area contributed by atoms with Crippen molar-refractivity contribution in [1.29, 1.82) is 0 Å². The lowest BCUT2D eigenvalue weighted by Gasteiger charge is -2.55. The van der Waals surface area contributed by atoms with Crippen molar-refractivity contribution in [3.63, 3.8) is 0 Å². The van der Waals surface area contributed by atoms with Crippen molar-refractivity contribution in [1.82, 2.24) is 14.9 Å². The first-order valence-corrected chi connectivity index (χ1v) is 18.4. The summed E-state index contributed by atoms with van der Waals surface area (Å²) >= 11 is 0. The maximum absolute atomic E-state index is 13.8. The van der Waals surface area contributed by atoms with Gasteiger partial charge in [0.1, 0.15) is 6.10 Å². The van der Waals surface area contributed by atoms with Gasteiger partial charge in [-0.05, 0) is 105 Å². The number of hydrogen-bond acceptors (Lipinski definition) is 7. The number of methoxy groups -OCH3 is 1. The number of fused-ring (bicyclic) bond motifs is 4. The molecule has 252 valence electrons. The van der Waals surface area contributed by atoms with Gasteiger partial charge in [0, 0.05) is 37.7 Å². The molecular formula is C37H48N4O5S. The second kappa shape index (κ2) is 13.2. The Morgan fingerprint density at radius 2 is 1.72 bits per heavy atom. The summed E-state index contributed by atoms with van der Waals surface area (Å²) in [7, 11) is -2.40. The fraction of sp³-hybridized carbons (Fsp3) is 0.541. The molecule has 1 N–H and O–H groups in total. The van der Waals surface area contributed by atoms with Gasteiger partial charge in [-0.3, -0.25) is 4.79 Å². The molecule has 4 bridgehead atoms. The third kappa shape index (κ3) is 6.90. The Labute approximate surface area is 279 Å². The SMILES string of the molecule is CO[C@H](C)C(=O)N1CCC2(CC1)CC(C1c3cccc(c3)S(=O)(=O)Nc3nc(cc(-c4c(C)cccc4C)n3)OC[C@H]1CC(C)C)C2. The van der Waals surface area contributed by atoms with E-state index in [1.165, 1.54) is 0 Å². The minimum atomic E-state index is -3.97. The van der Waals surface area contributed by atoms with E-state index in [0.29, 0.717) is 30.0 Å². The highest BCUT2D eigenvalue weighted by atomic mass is 32.2.